The second-order valence-corrected chi connectivity index (χ2v) is 13.5. The van der Waals surface area contributed by atoms with E-state index in [2.05, 4.69) is 0 Å². The van der Waals surface area contributed by atoms with Gasteiger partial charge in [0.25, 0.3) is 0 Å². The van der Waals surface area contributed by atoms with E-state index in [-0.39, 0.29) is 40.3 Å². The Hall–Kier alpha value is 1.16. The topological polar surface area (TPSA) is 58.9 Å². The summed E-state index contributed by atoms with van der Waals surface area (Å²) < 4.78 is 10.6. The summed E-state index contributed by atoms with van der Waals surface area (Å²) in [6.45, 7) is 18.7. The molecule has 0 aliphatic heterocycles. The van der Waals surface area contributed by atoms with E-state index in [1.54, 1.807) is 26.2 Å². The Bertz CT molecular complexity index is 194. The van der Waals surface area contributed by atoms with Gasteiger partial charge in [0.15, 0.2) is 0 Å². The maximum Gasteiger partial charge on any atom is 0.329 e. The zero-order chi connectivity index (χ0) is 15.4. The summed E-state index contributed by atoms with van der Waals surface area (Å²) in [7, 11) is -4.59. The third-order valence-corrected chi connectivity index (χ3v) is 3.34. The van der Waals surface area contributed by atoms with Gasteiger partial charge in [0.2, 0.25) is 0 Å². The molecule has 120 valence electrons. The van der Waals surface area contributed by atoms with Gasteiger partial charge < -0.3 is 21.3 Å². The number of hydrogen-bond acceptors (Lipinski definition) is 4. The zero-order valence-electron chi connectivity index (χ0n) is 16.2. The SMILES string of the molecule is CC(C)(C)O[Si](C)(C)O.CC(C)(C)O[Si](C)(C)O.[H-].[H-].[Zr]. The fraction of sp³-hybridized carbons (Fsp3) is 1.00. The van der Waals surface area contributed by atoms with Crippen LogP contribution in [0.5, 0.6) is 0 Å². The third-order valence-electron chi connectivity index (χ3n) is 1.11. The molecule has 0 aliphatic carbocycles. The van der Waals surface area contributed by atoms with Crippen molar-refractivity contribution < 1.29 is 47.5 Å². The van der Waals surface area contributed by atoms with Gasteiger partial charge in [0.1, 0.15) is 0 Å². The Morgan fingerprint density at radius 2 is 0.842 bits per heavy atom. The van der Waals surface area contributed by atoms with E-state index in [4.69, 9.17) is 8.85 Å². The van der Waals surface area contributed by atoms with Crippen LogP contribution in [-0.4, -0.2) is 37.9 Å². The van der Waals surface area contributed by atoms with Gasteiger partial charge in [0, 0.05) is 26.2 Å². The van der Waals surface area contributed by atoms with Crippen LogP contribution in [-0.2, 0) is 35.1 Å². The van der Waals surface area contributed by atoms with Gasteiger partial charge in [0.05, 0.1) is 11.2 Å². The fourth-order valence-electron chi connectivity index (χ4n) is 1.50. The summed E-state index contributed by atoms with van der Waals surface area (Å²) in [6.07, 6.45) is 0. The summed E-state index contributed by atoms with van der Waals surface area (Å²) >= 11 is 0. The Kier molecular flexibility index (Phi) is 11.3. The molecule has 0 bridgehead atoms. The van der Waals surface area contributed by atoms with Crippen LogP contribution in [0.15, 0.2) is 0 Å². The molecule has 0 spiro atoms. The molecule has 0 saturated heterocycles. The smallest absolute Gasteiger partial charge is 0.329 e. The van der Waals surface area contributed by atoms with E-state index in [9.17, 15) is 9.59 Å². The van der Waals surface area contributed by atoms with Gasteiger partial charge in [-0.3, -0.25) is 0 Å². The molecule has 0 aliphatic rings. The van der Waals surface area contributed by atoms with E-state index in [0.717, 1.165) is 0 Å². The first-order chi connectivity index (χ1) is 7.41. The second-order valence-electron chi connectivity index (χ2n) is 7.32. The molecule has 0 aromatic rings. The maximum absolute atomic E-state index is 9.27. The molecule has 0 heterocycles. The van der Waals surface area contributed by atoms with E-state index in [1.807, 2.05) is 41.5 Å². The van der Waals surface area contributed by atoms with Crippen molar-refractivity contribution in [1.82, 2.24) is 0 Å². The van der Waals surface area contributed by atoms with Crippen LogP contribution in [0.1, 0.15) is 44.4 Å². The Labute approximate surface area is 143 Å². The van der Waals surface area contributed by atoms with Crippen molar-refractivity contribution in [1.29, 1.82) is 0 Å². The van der Waals surface area contributed by atoms with Gasteiger partial charge >= 0.3 is 17.1 Å². The van der Waals surface area contributed by atoms with Crippen molar-refractivity contribution in [3.05, 3.63) is 0 Å². The Morgan fingerprint density at radius 3 is 0.842 bits per heavy atom. The average Bonchev–Trinajstić information content (AvgIpc) is 1.64. The minimum absolute atomic E-state index is 0. The molecule has 0 amide bonds. The van der Waals surface area contributed by atoms with Crippen LogP contribution in [0, 0.1) is 0 Å². The van der Waals surface area contributed by atoms with Crippen molar-refractivity contribution in [3.63, 3.8) is 0 Å². The van der Waals surface area contributed by atoms with Gasteiger partial charge in [-0.1, -0.05) is 0 Å². The van der Waals surface area contributed by atoms with Crippen molar-refractivity contribution in [3.8, 4) is 0 Å². The third kappa shape index (κ3) is 32.6. The van der Waals surface area contributed by atoms with Crippen LogP contribution < -0.4 is 0 Å². The van der Waals surface area contributed by atoms with Crippen LogP contribution in [0.4, 0.5) is 0 Å². The maximum atomic E-state index is 9.27. The Morgan fingerprint density at radius 1 is 0.684 bits per heavy atom. The summed E-state index contributed by atoms with van der Waals surface area (Å²) in [5.41, 5.74) is -0.408. The van der Waals surface area contributed by atoms with Crippen molar-refractivity contribution >= 4 is 17.1 Å². The second kappa shape index (κ2) is 8.56. The van der Waals surface area contributed by atoms with E-state index in [0.29, 0.717) is 0 Å². The molecule has 0 rings (SSSR count). The standard InChI is InChI=1S/2C6H16O2Si.Zr.2H/c2*1-6(2,3)8-9(4,5)7;;;/h2*7H,1-5H3;;;/q;;;2*-1. The Balaban J connectivity index is -0.0000000711. The molecular weight excluding hydrogens is 356 g/mol. The molecule has 7 heteroatoms. The monoisotopic (exact) mass is 388 g/mol. The predicted molar refractivity (Wildman–Crippen MR) is 83.3 cm³/mol. The molecule has 0 atom stereocenters. The molecular formula is C12H34O4Si2Zr-2. The van der Waals surface area contributed by atoms with Crippen LogP contribution in [0.25, 0.3) is 0 Å². The molecule has 0 fully saturated rings. The zero-order valence-corrected chi connectivity index (χ0v) is 18.7. The van der Waals surface area contributed by atoms with Crippen LogP contribution >= 0.6 is 0 Å². The summed E-state index contributed by atoms with van der Waals surface area (Å²) in [6, 6.07) is 0. The molecule has 0 unspecified atom stereocenters. The molecule has 0 aromatic heterocycles. The largest absolute Gasteiger partial charge is 1.00 e. The molecule has 2 N–H and O–H groups in total. The number of rotatable bonds is 2. The molecule has 4 nitrogen and oxygen atoms in total. The van der Waals surface area contributed by atoms with E-state index >= 15 is 0 Å². The minimum atomic E-state index is -2.29. The average molecular weight is 390 g/mol. The van der Waals surface area contributed by atoms with Crippen LogP contribution in [0.3, 0.4) is 0 Å². The first kappa shape index (κ1) is 25.1. The first-order valence-corrected chi connectivity index (χ1v) is 12.0. The molecule has 0 aromatic carbocycles. The normalized spacial score (nSPS) is 13.3. The van der Waals surface area contributed by atoms with E-state index < -0.39 is 17.1 Å². The quantitative estimate of drug-likeness (QED) is 0.712. The molecule has 0 radical (unpaired) electrons. The fourth-order valence-corrected chi connectivity index (χ4v) is 4.50. The summed E-state index contributed by atoms with van der Waals surface area (Å²) in [5.74, 6) is 0. The number of hydrogen-bond donors (Lipinski definition) is 2. The molecule has 19 heavy (non-hydrogen) atoms. The minimum Gasteiger partial charge on any atom is -1.00 e. The summed E-state index contributed by atoms with van der Waals surface area (Å²) in [5, 5.41) is 0. The van der Waals surface area contributed by atoms with Crippen molar-refractivity contribution in [2.24, 2.45) is 0 Å². The van der Waals surface area contributed by atoms with E-state index in [1.165, 1.54) is 0 Å². The van der Waals surface area contributed by atoms with Gasteiger partial charge in [-0.05, 0) is 67.7 Å². The predicted octanol–water partition coefficient (Wildman–Crippen LogP) is 3.21. The van der Waals surface area contributed by atoms with Gasteiger partial charge in [-0.2, -0.15) is 0 Å². The van der Waals surface area contributed by atoms with Crippen LogP contribution in [0.2, 0.25) is 26.2 Å². The summed E-state index contributed by atoms with van der Waals surface area (Å²) in [4.78, 5) is 18.5. The first-order valence-electron chi connectivity index (χ1n) is 6.26. The van der Waals surface area contributed by atoms with Gasteiger partial charge in [-0.25, -0.2) is 0 Å². The molecule has 0 saturated carbocycles. The van der Waals surface area contributed by atoms with Crippen molar-refractivity contribution in [2.45, 2.75) is 78.9 Å². The van der Waals surface area contributed by atoms with Gasteiger partial charge in [-0.15, -0.1) is 0 Å². The van der Waals surface area contributed by atoms with Crippen molar-refractivity contribution in [2.75, 3.05) is 0 Å².